The van der Waals surface area contributed by atoms with Crippen molar-refractivity contribution in [2.45, 2.75) is 20.4 Å². The first-order valence-electron chi connectivity index (χ1n) is 3.39. The third kappa shape index (κ3) is 1.60. The Bertz CT molecular complexity index is 280. The van der Waals surface area contributed by atoms with E-state index < -0.39 is 5.24 Å². The van der Waals surface area contributed by atoms with E-state index in [4.69, 9.17) is 11.6 Å². The first kappa shape index (κ1) is 8.27. The molecule has 0 unspecified atom stereocenters. The van der Waals surface area contributed by atoms with E-state index in [0.717, 1.165) is 6.54 Å². The van der Waals surface area contributed by atoms with Crippen molar-refractivity contribution in [3.63, 3.8) is 0 Å². The molecule has 1 rings (SSSR count). The zero-order valence-corrected chi connectivity index (χ0v) is 7.22. The Morgan fingerprint density at radius 1 is 1.82 bits per heavy atom. The average Bonchev–Trinajstić information content (AvgIpc) is 2.30. The van der Waals surface area contributed by atoms with Crippen molar-refractivity contribution in [1.82, 2.24) is 9.78 Å². The highest BCUT2D eigenvalue weighted by Crippen LogP contribution is 2.08. The van der Waals surface area contributed by atoms with E-state index in [0.29, 0.717) is 11.3 Å². The maximum Gasteiger partial charge on any atom is 0.255 e. The van der Waals surface area contributed by atoms with Gasteiger partial charge in [-0.1, -0.05) is 0 Å². The maximum absolute atomic E-state index is 10.7. The minimum Gasteiger partial charge on any atom is -0.275 e. The zero-order chi connectivity index (χ0) is 8.43. The molecule has 0 aliphatic rings. The second-order valence-electron chi connectivity index (χ2n) is 2.26. The summed E-state index contributed by atoms with van der Waals surface area (Å²) in [5.74, 6) is 0. The van der Waals surface area contributed by atoms with Crippen molar-refractivity contribution in [3.05, 3.63) is 17.5 Å². The van der Waals surface area contributed by atoms with Crippen LogP contribution in [0.15, 0.2) is 6.20 Å². The molecule has 0 radical (unpaired) electrons. The van der Waals surface area contributed by atoms with Gasteiger partial charge in [0.05, 0.1) is 11.3 Å². The molecule has 1 heterocycles. The Morgan fingerprint density at radius 3 is 2.73 bits per heavy atom. The smallest absolute Gasteiger partial charge is 0.255 e. The van der Waals surface area contributed by atoms with Crippen LogP contribution < -0.4 is 0 Å². The minimum atomic E-state index is -0.442. The Morgan fingerprint density at radius 2 is 2.45 bits per heavy atom. The van der Waals surface area contributed by atoms with Crippen LogP contribution in [-0.4, -0.2) is 15.0 Å². The SMILES string of the molecule is CCn1cc(C(=O)Cl)c(C)n1. The van der Waals surface area contributed by atoms with Crippen LogP contribution in [-0.2, 0) is 6.54 Å². The van der Waals surface area contributed by atoms with Gasteiger partial charge in [-0.05, 0) is 25.4 Å². The number of hydrogen-bond donors (Lipinski definition) is 0. The molecule has 0 saturated heterocycles. The summed E-state index contributed by atoms with van der Waals surface area (Å²) in [5, 5.41) is 3.62. The topological polar surface area (TPSA) is 34.9 Å². The van der Waals surface area contributed by atoms with E-state index in [9.17, 15) is 4.79 Å². The summed E-state index contributed by atoms with van der Waals surface area (Å²) in [6.07, 6.45) is 1.66. The molecule has 0 saturated carbocycles. The molecule has 4 heteroatoms. The van der Waals surface area contributed by atoms with Crippen LogP contribution in [0.2, 0.25) is 0 Å². The van der Waals surface area contributed by atoms with Crippen molar-refractivity contribution in [2.24, 2.45) is 0 Å². The van der Waals surface area contributed by atoms with E-state index in [1.54, 1.807) is 17.8 Å². The highest BCUT2D eigenvalue weighted by molar-refractivity contribution is 6.67. The van der Waals surface area contributed by atoms with Crippen LogP contribution in [0, 0.1) is 6.92 Å². The number of aromatic nitrogens is 2. The van der Waals surface area contributed by atoms with Gasteiger partial charge in [-0.3, -0.25) is 9.48 Å². The molecule has 0 aliphatic heterocycles. The number of halogens is 1. The lowest BCUT2D eigenvalue weighted by Crippen LogP contribution is -1.93. The van der Waals surface area contributed by atoms with Crippen LogP contribution in [0.3, 0.4) is 0 Å². The molecule has 3 nitrogen and oxygen atoms in total. The summed E-state index contributed by atoms with van der Waals surface area (Å²) >= 11 is 5.29. The molecular formula is C7H9ClN2O. The number of hydrogen-bond acceptors (Lipinski definition) is 2. The van der Waals surface area contributed by atoms with Gasteiger partial charge in [0.25, 0.3) is 5.24 Å². The van der Waals surface area contributed by atoms with Gasteiger partial charge < -0.3 is 0 Å². The molecule has 0 aromatic carbocycles. The van der Waals surface area contributed by atoms with Crippen molar-refractivity contribution in [3.8, 4) is 0 Å². The molecular weight excluding hydrogens is 164 g/mol. The van der Waals surface area contributed by atoms with Crippen molar-refractivity contribution in [2.75, 3.05) is 0 Å². The van der Waals surface area contributed by atoms with Gasteiger partial charge in [0, 0.05) is 12.7 Å². The highest BCUT2D eigenvalue weighted by Gasteiger charge is 2.09. The van der Waals surface area contributed by atoms with Gasteiger partial charge >= 0.3 is 0 Å². The highest BCUT2D eigenvalue weighted by atomic mass is 35.5. The summed E-state index contributed by atoms with van der Waals surface area (Å²) in [7, 11) is 0. The predicted octanol–water partition coefficient (Wildman–Crippen LogP) is 1.59. The molecule has 0 aliphatic carbocycles. The molecule has 0 fully saturated rings. The predicted molar refractivity (Wildman–Crippen MR) is 42.8 cm³/mol. The lowest BCUT2D eigenvalue weighted by Gasteiger charge is -1.89. The first-order chi connectivity index (χ1) is 5.15. The fourth-order valence-electron chi connectivity index (χ4n) is 0.873. The Balaban J connectivity index is 3.07. The number of rotatable bonds is 2. The molecule has 1 aromatic heterocycles. The zero-order valence-electron chi connectivity index (χ0n) is 6.47. The molecule has 0 amide bonds. The third-order valence-corrected chi connectivity index (χ3v) is 1.69. The number of nitrogens with zero attached hydrogens (tertiary/aromatic N) is 2. The van der Waals surface area contributed by atoms with Gasteiger partial charge in [0.2, 0.25) is 0 Å². The fraction of sp³-hybridized carbons (Fsp3) is 0.429. The Kier molecular flexibility index (Phi) is 2.29. The molecule has 1 aromatic rings. The first-order valence-corrected chi connectivity index (χ1v) is 3.76. The summed E-state index contributed by atoms with van der Waals surface area (Å²) in [6, 6.07) is 0. The molecule has 0 spiro atoms. The van der Waals surface area contributed by atoms with Crippen LogP contribution in [0.25, 0.3) is 0 Å². The van der Waals surface area contributed by atoms with Gasteiger partial charge in [-0.2, -0.15) is 5.10 Å². The Hall–Kier alpha value is -0.830. The second-order valence-corrected chi connectivity index (χ2v) is 2.60. The average molecular weight is 173 g/mol. The maximum atomic E-state index is 10.7. The van der Waals surface area contributed by atoms with Gasteiger partial charge in [0.15, 0.2) is 0 Å². The lowest BCUT2D eigenvalue weighted by molar-refractivity contribution is 0.108. The minimum absolute atomic E-state index is 0.442. The molecule has 0 atom stereocenters. The number of aryl methyl sites for hydroxylation is 2. The Labute approximate surface area is 70.0 Å². The van der Waals surface area contributed by atoms with Crippen LogP contribution in [0.4, 0.5) is 0 Å². The standard InChI is InChI=1S/C7H9ClN2O/c1-3-10-4-6(7(8)11)5(2)9-10/h4H,3H2,1-2H3. The molecule has 0 bridgehead atoms. The van der Waals surface area contributed by atoms with E-state index in [2.05, 4.69) is 5.10 Å². The van der Waals surface area contributed by atoms with Gasteiger partial charge in [0.1, 0.15) is 0 Å². The normalized spacial score (nSPS) is 10.1. The summed E-state index contributed by atoms with van der Waals surface area (Å²) < 4.78 is 1.69. The summed E-state index contributed by atoms with van der Waals surface area (Å²) in [5.41, 5.74) is 1.18. The van der Waals surface area contributed by atoms with Gasteiger partial charge in [-0.25, -0.2) is 0 Å². The van der Waals surface area contributed by atoms with Crippen LogP contribution in [0.5, 0.6) is 0 Å². The summed E-state index contributed by atoms with van der Waals surface area (Å²) in [6.45, 7) is 4.47. The quantitative estimate of drug-likeness (QED) is 0.635. The second kappa shape index (κ2) is 3.05. The van der Waals surface area contributed by atoms with E-state index in [1.165, 1.54) is 0 Å². The van der Waals surface area contributed by atoms with E-state index >= 15 is 0 Å². The van der Waals surface area contributed by atoms with Crippen molar-refractivity contribution in [1.29, 1.82) is 0 Å². The lowest BCUT2D eigenvalue weighted by atomic mass is 10.3. The summed E-state index contributed by atoms with van der Waals surface area (Å²) in [4.78, 5) is 10.7. The molecule has 60 valence electrons. The number of carbonyl (C=O) groups excluding carboxylic acids is 1. The fourth-order valence-corrected chi connectivity index (χ4v) is 1.06. The van der Waals surface area contributed by atoms with Crippen molar-refractivity contribution >= 4 is 16.8 Å². The van der Waals surface area contributed by atoms with Crippen molar-refractivity contribution < 1.29 is 4.79 Å². The largest absolute Gasteiger partial charge is 0.275 e. The van der Waals surface area contributed by atoms with E-state index in [-0.39, 0.29) is 0 Å². The van der Waals surface area contributed by atoms with Gasteiger partial charge in [-0.15, -0.1) is 0 Å². The third-order valence-electron chi connectivity index (χ3n) is 1.48. The molecule has 11 heavy (non-hydrogen) atoms. The number of carbonyl (C=O) groups is 1. The van der Waals surface area contributed by atoms with Crippen LogP contribution >= 0.6 is 11.6 Å². The monoisotopic (exact) mass is 172 g/mol. The molecule has 0 N–H and O–H groups in total. The van der Waals surface area contributed by atoms with E-state index in [1.807, 2.05) is 6.92 Å². The van der Waals surface area contributed by atoms with Crippen LogP contribution in [0.1, 0.15) is 23.0 Å².